The van der Waals surface area contributed by atoms with Crippen LogP contribution in [0.4, 0.5) is 10.1 Å². The summed E-state index contributed by atoms with van der Waals surface area (Å²) < 4.78 is 18.9. The molecule has 4 heteroatoms. The van der Waals surface area contributed by atoms with Crippen molar-refractivity contribution in [3.63, 3.8) is 0 Å². The normalized spacial score (nSPS) is 24.8. The predicted octanol–water partition coefficient (Wildman–Crippen LogP) is 2.01. The minimum absolute atomic E-state index is 0.200. The van der Waals surface area contributed by atoms with Crippen LogP contribution in [-0.4, -0.2) is 26.2 Å². The van der Waals surface area contributed by atoms with E-state index in [1.54, 1.807) is 19.2 Å². The van der Waals surface area contributed by atoms with Gasteiger partial charge in [0.15, 0.2) is 0 Å². The zero-order valence-corrected chi connectivity index (χ0v) is 10.3. The van der Waals surface area contributed by atoms with E-state index in [9.17, 15) is 4.39 Å². The predicted molar refractivity (Wildman–Crippen MR) is 66.9 cm³/mol. The van der Waals surface area contributed by atoms with Gasteiger partial charge < -0.3 is 15.4 Å². The van der Waals surface area contributed by atoms with Gasteiger partial charge in [0.25, 0.3) is 0 Å². The molecule has 1 fully saturated rings. The van der Waals surface area contributed by atoms with Gasteiger partial charge in [0, 0.05) is 25.2 Å². The largest absolute Gasteiger partial charge is 0.497 e. The molecule has 0 saturated carbocycles. The van der Waals surface area contributed by atoms with Gasteiger partial charge in [-0.15, -0.1) is 0 Å². The smallest absolute Gasteiger partial charge is 0.146 e. The van der Waals surface area contributed by atoms with Crippen molar-refractivity contribution in [2.75, 3.05) is 25.1 Å². The molecule has 1 aliphatic rings. The van der Waals surface area contributed by atoms with Gasteiger partial charge in [0.2, 0.25) is 0 Å². The van der Waals surface area contributed by atoms with E-state index in [2.05, 4.69) is 6.92 Å². The molecule has 0 bridgehead atoms. The summed E-state index contributed by atoms with van der Waals surface area (Å²) in [7, 11) is 1.59. The number of nitrogens with two attached hydrogens (primary N) is 1. The van der Waals surface area contributed by atoms with Crippen molar-refractivity contribution < 1.29 is 9.13 Å². The molecule has 1 saturated heterocycles. The van der Waals surface area contributed by atoms with Gasteiger partial charge in [-0.25, -0.2) is 4.39 Å². The van der Waals surface area contributed by atoms with Gasteiger partial charge in [0.1, 0.15) is 11.6 Å². The summed E-state index contributed by atoms with van der Waals surface area (Å²) >= 11 is 0. The van der Waals surface area contributed by atoms with Crippen molar-refractivity contribution in [2.45, 2.75) is 19.4 Å². The van der Waals surface area contributed by atoms with Gasteiger partial charge in [0.05, 0.1) is 12.8 Å². The number of ether oxygens (including phenoxy) is 1. The summed E-state index contributed by atoms with van der Waals surface area (Å²) in [5.41, 5.74) is 6.58. The fourth-order valence-electron chi connectivity index (χ4n) is 2.24. The molecular weight excluding hydrogens is 219 g/mol. The molecule has 0 amide bonds. The highest BCUT2D eigenvalue weighted by Crippen LogP contribution is 2.28. The first-order chi connectivity index (χ1) is 8.11. The highest BCUT2D eigenvalue weighted by Gasteiger charge is 2.24. The molecule has 94 valence electrons. The first-order valence-electron chi connectivity index (χ1n) is 5.96. The molecule has 2 N–H and O–H groups in total. The molecule has 1 heterocycles. The van der Waals surface area contributed by atoms with Crippen molar-refractivity contribution in [1.29, 1.82) is 0 Å². The van der Waals surface area contributed by atoms with Crippen LogP contribution < -0.4 is 15.4 Å². The van der Waals surface area contributed by atoms with Crippen molar-refractivity contribution in [1.82, 2.24) is 0 Å². The lowest BCUT2D eigenvalue weighted by Gasteiger charge is -2.36. The monoisotopic (exact) mass is 238 g/mol. The van der Waals surface area contributed by atoms with E-state index in [-0.39, 0.29) is 11.9 Å². The molecule has 3 nitrogen and oxygen atoms in total. The second-order valence-corrected chi connectivity index (χ2v) is 4.69. The Morgan fingerprint density at radius 2 is 2.24 bits per heavy atom. The Balaban J connectivity index is 2.21. The van der Waals surface area contributed by atoms with Gasteiger partial charge in [-0.2, -0.15) is 0 Å². The Bertz CT molecular complexity index is 397. The van der Waals surface area contributed by atoms with Crippen LogP contribution in [0.1, 0.15) is 13.3 Å². The Kier molecular flexibility index (Phi) is 3.52. The summed E-state index contributed by atoms with van der Waals surface area (Å²) in [6.07, 6.45) is 0.901. The second kappa shape index (κ2) is 4.92. The van der Waals surface area contributed by atoms with E-state index >= 15 is 0 Å². The quantitative estimate of drug-likeness (QED) is 0.856. The Labute approximate surface area is 101 Å². The van der Waals surface area contributed by atoms with E-state index in [4.69, 9.17) is 10.5 Å². The van der Waals surface area contributed by atoms with E-state index in [0.717, 1.165) is 19.5 Å². The lowest BCUT2D eigenvalue weighted by molar-refractivity contribution is 0.379. The molecule has 17 heavy (non-hydrogen) atoms. The van der Waals surface area contributed by atoms with E-state index in [1.807, 2.05) is 4.90 Å². The van der Waals surface area contributed by atoms with Crippen LogP contribution in [0.15, 0.2) is 18.2 Å². The molecule has 0 spiro atoms. The average molecular weight is 238 g/mol. The maximum atomic E-state index is 13.8. The maximum Gasteiger partial charge on any atom is 0.146 e. The summed E-state index contributed by atoms with van der Waals surface area (Å²) in [6, 6.07) is 5.06. The van der Waals surface area contributed by atoms with Crippen LogP contribution in [0.3, 0.4) is 0 Å². The number of methoxy groups -OCH3 is 1. The molecule has 2 atom stereocenters. The van der Waals surface area contributed by atoms with Crippen LogP contribution >= 0.6 is 0 Å². The van der Waals surface area contributed by atoms with Crippen LogP contribution in [0.5, 0.6) is 5.75 Å². The van der Waals surface area contributed by atoms with Crippen molar-refractivity contribution in [3.8, 4) is 5.75 Å². The molecule has 1 aromatic carbocycles. The van der Waals surface area contributed by atoms with Gasteiger partial charge in [-0.3, -0.25) is 0 Å². The number of hydrogen-bond acceptors (Lipinski definition) is 3. The number of rotatable bonds is 2. The third-order valence-electron chi connectivity index (χ3n) is 3.47. The fraction of sp³-hybridized carbons (Fsp3) is 0.538. The standard InChI is InChI=1S/C13H19FN2O/c1-9-8-16(6-5-12(9)15)13-7-10(17-2)3-4-11(13)14/h3-4,7,9,12H,5-6,8,15H2,1-2H3. The lowest BCUT2D eigenvalue weighted by Crippen LogP contribution is -2.46. The zero-order valence-electron chi connectivity index (χ0n) is 10.3. The molecule has 2 rings (SSSR count). The third kappa shape index (κ3) is 2.52. The molecule has 2 unspecified atom stereocenters. The van der Waals surface area contributed by atoms with Gasteiger partial charge >= 0.3 is 0 Å². The zero-order chi connectivity index (χ0) is 12.4. The average Bonchev–Trinajstić information content (AvgIpc) is 2.33. The minimum Gasteiger partial charge on any atom is -0.497 e. The first-order valence-corrected chi connectivity index (χ1v) is 5.96. The number of piperidine rings is 1. The molecule has 0 aromatic heterocycles. The summed E-state index contributed by atoms with van der Waals surface area (Å²) in [5, 5.41) is 0. The maximum absolute atomic E-state index is 13.8. The van der Waals surface area contributed by atoms with Gasteiger partial charge in [-0.05, 0) is 24.5 Å². The second-order valence-electron chi connectivity index (χ2n) is 4.69. The van der Waals surface area contributed by atoms with Gasteiger partial charge in [-0.1, -0.05) is 6.92 Å². The minimum atomic E-state index is -0.200. The molecule has 1 aromatic rings. The van der Waals surface area contributed by atoms with E-state index < -0.39 is 0 Å². The van der Waals surface area contributed by atoms with Crippen molar-refractivity contribution >= 4 is 5.69 Å². The number of benzene rings is 1. The number of hydrogen-bond donors (Lipinski definition) is 1. The van der Waals surface area contributed by atoms with Crippen molar-refractivity contribution in [2.24, 2.45) is 11.7 Å². The van der Waals surface area contributed by atoms with Crippen LogP contribution in [0.25, 0.3) is 0 Å². The summed E-state index contributed by atoms with van der Waals surface area (Å²) in [4.78, 5) is 2.05. The SMILES string of the molecule is COc1ccc(F)c(N2CCC(N)C(C)C2)c1. The van der Waals surface area contributed by atoms with Crippen LogP contribution in [0, 0.1) is 11.7 Å². The fourth-order valence-corrected chi connectivity index (χ4v) is 2.24. The topological polar surface area (TPSA) is 38.5 Å². The third-order valence-corrected chi connectivity index (χ3v) is 3.47. The Morgan fingerprint density at radius 1 is 1.47 bits per heavy atom. The Hall–Kier alpha value is -1.29. The van der Waals surface area contributed by atoms with Crippen molar-refractivity contribution in [3.05, 3.63) is 24.0 Å². The highest BCUT2D eigenvalue weighted by atomic mass is 19.1. The van der Waals surface area contributed by atoms with E-state index in [1.165, 1.54) is 6.07 Å². The summed E-state index contributed by atoms with van der Waals surface area (Å²) in [5.74, 6) is 0.867. The lowest BCUT2D eigenvalue weighted by atomic mass is 9.94. The number of halogens is 1. The molecular formula is C13H19FN2O. The molecule has 1 aliphatic heterocycles. The number of anilines is 1. The molecule has 0 radical (unpaired) electrons. The molecule has 0 aliphatic carbocycles. The van der Waals surface area contributed by atoms with Crippen LogP contribution in [-0.2, 0) is 0 Å². The highest BCUT2D eigenvalue weighted by molar-refractivity contribution is 5.52. The number of nitrogens with zero attached hydrogens (tertiary/aromatic N) is 1. The van der Waals surface area contributed by atoms with E-state index in [0.29, 0.717) is 17.4 Å². The first kappa shape index (κ1) is 12.2. The summed E-state index contributed by atoms with van der Waals surface area (Å²) in [6.45, 7) is 3.70. The van der Waals surface area contributed by atoms with Crippen LogP contribution in [0.2, 0.25) is 0 Å². The Morgan fingerprint density at radius 3 is 2.88 bits per heavy atom.